The fourth-order valence-electron chi connectivity index (χ4n) is 2.83. The van der Waals surface area contributed by atoms with Crippen molar-refractivity contribution in [1.82, 2.24) is 9.78 Å². The number of benzene rings is 2. The van der Waals surface area contributed by atoms with Gasteiger partial charge >= 0.3 is 12.3 Å². The molecular formula is C19H13F3N2O4S. The summed E-state index contributed by atoms with van der Waals surface area (Å²) in [4.78, 5) is 25.0. The predicted molar refractivity (Wildman–Crippen MR) is 99.9 cm³/mol. The molecule has 0 atom stereocenters. The lowest BCUT2D eigenvalue weighted by Gasteiger charge is -2.14. The second-order valence-corrected chi connectivity index (χ2v) is 7.75. The molecule has 29 heavy (non-hydrogen) atoms. The largest absolute Gasteiger partial charge is 0.573 e. The number of aromatic carboxylic acids is 1. The molecule has 1 aliphatic carbocycles. The molecule has 150 valence electrons. The smallest absolute Gasteiger partial charge is 0.476 e. The predicted octanol–water partition coefficient (Wildman–Crippen LogP) is 4.24. The Bertz CT molecular complexity index is 1160. The maximum atomic E-state index is 12.8. The summed E-state index contributed by atoms with van der Waals surface area (Å²) >= 11 is 1.51. The van der Waals surface area contributed by atoms with Crippen molar-refractivity contribution in [2.75, 3.05) is 0 Å². The van der Waals surface area contributed by atoms with Gasteiger partial charge in [0.05, 0.1) is 16.6 Å². The van der Waals surface area contributed by atoms with Gasteiger partial charge in [-0.1, -0.05) is 6.07 Å². The summed E-state index contributed by atoms with van der Waals surface area (Å²) in [6.45, 7) is 0. The zero-order valence-corrected chi connectivity index (χ0v) is 15.5. The molecule has 6 nitrogen and oxygen atoms in total. The molecule has 0 aliphatic heterocycles. The molecule has 1 fully saturated rings. The number of rotatable bonds is 5. The van der Waals surface area contributed by atoms with E-state index in [0.717, 1.165) is 25.0 Å². The van der Waals surface area contributed by atoms with Crippen LogP contribution in [0.5, 0.6) is 5.75 Å². The van der Waals surface area contributed by atoms with E-state index in [1.54, 1.807) is 18.2 Å². The van der Waals surface area contributed by atoms with Crippen molar-refractivity contribution >= 4 is 28.6 Å². The average Bonchev–Trinajstić information content (AvgIpc) is 3.45. The van der Waals surface area contributed by atoms with Crippen molar-refractivity contribution in [3.05, 3.63) is 58.4 Å². The van der Waals surface area contributed by atoms with Crippen LogP contribution in [0.15, 0.2) is 52.2 Å². The number of hydrogen-bond acceptors (Lipinski definition) is 5. The van der Waals surface area contributed by atoms with Crippen LogP contribution in [0.25, 0.3) is 16.6 Å². The quantitative estimate of drug-likeness (QED) is 0.663. The van der Waals surface area contributed by atoms with E-state index in [1.165, 1.54) is 28.6 Å². The van der Waals surface area contributed by atoms with Gasteiger partial charge in [-0.3, -0.25) is 4.79 Å². The first-order valence-electron chi connectivity index (χ1n) is 8.55. The summed E-state index contributed by atoms with van der Waals surface area (Å²) in [5.41, 5.74) is -0.683. The number of aromatic nitrogens is 2. The Morgan fingerprint density at radius 3 is 2.45 bits per heavy atom. The van der Waals surface area contributed by atoms with Crippen LogP contribution in [-0.4, -0.2) is 32.5 Å². The maximum Gasteiger partial charge on any atom is 0.573 e. The van der Waals surface area contributed by atoms with E-state index in [2.05, 4.69) is 9.84 Å². The van der Waals surface area contributed by atoms with Crippen molar-refractivity contribution in [2.24, 2.45) is 0 Å². The molecule has 1 saturated carbocycles. The highest BCUT2D eigenvalue weighted by Gasteiger charge is 2.31. The number of carboxylic acid groups (broad SMARTS) is 1. The molecule has 0 spiro atoms. The summed E-state index contributed by atoms with van der Waals surface area (Å²) in [6, 6.07) is 9.91. The molecule has 1 heterocycles. The number of alkyl halides is 3. The molecule has 3 aromatic rings. The van der Waals surface area contributed by atoms with Gasteiger partial charge in [0.15, 0.2) is 0 Å². The van der Waals surface area contributed by atoms with Crippen LogP contribution in [0.4, 0.5) is 13.2 Å². The Balaban J connectivity index is 1.88. The van der Waals surface area contributed by atoms with Crippen molar-refractivity contribution in [1.29, 1.82) is 0 Å². The van der Waals surface area contributed by atoms with E-state index < -0.39 is 29.2 Å². The first-order chi connectivity index (χ1) is 13.7. The number of hydrogen-bond donors (Lipinski definition) is 1. The zero-order valence-electron chi connectivity index (χ0n) is 14.6. The van der Waals surface area contributed by atoms with Crippen LogP contribution < -0.4 is 10.2 Å². The van der Waals surface area contributed by atoms with Gasteiger partial charge < -0.3 is 9.84 Å². The summed E-state index contributed by atoms with van der Waals surface area (Å²) in [5, 5.41) is 14.0. The van der Waals surface area contributed by atoms with E-state index in [4.69, 9.17) is 0 Å². The second kappa shape index (κ2) is 7.11. The first-order valence-corrected chi connectivity index (χ1v) is 9.43. The number of ether oxygens (including phenoxy) is 1. The van der Waals surface area contributed by atoms with Gasteiger partial charge in [0.2, 0.25) is 11.1 Å². The van der Waals surface area contributed by atoms with Crippen LogP contribution in [-0.2, 0) is 0 Å². The molecule has 10 heteroatoms. The fourth-order valence-corrected chi connectivity index (χ4v) is 4.03. The van der Waals surface area contributed by atoms with Gasteiger partial charge in [0.25, 0.3) is 0 Å². The SMILES string of the molecule is O=C(O)c1nn(-c2ccc(OC(F)(F)F)cc2)c2cccc(SC3CC3)c2c1=O. The highest BCUT2D eigenvalue weighted by atomic mass is 32.2. The number of halogens is 3. The molecule has 1 aromatic heterocycles. The van der Waals surface area contributed by atoms with E-state index in [9.17, 15) is 27.9 Å². The number of thioether (sulfide) groups is 1. The van der Waals surface area contributed by atoms with Gasteiger partial charge in [0, 0.05) is 10.1 Å². The fraction of sp³-hybridized carbons (Fsp3) is 0.211. The molecule has 1 N–H and O–H groups in total. The van der Waals surface area contributed by atoms with Gasteiger partial charge in [-0.15, -0.1) is 24.9 Å². The van der Waals surface area contributed by atoms with E-state index in [0.29, 0.717) is 21.3 Å². The normalized spacial score (nSPS) is 14.2. The van der Waals surface area contributed by atoms with E-state index in [-0.39, 0.29) is 5.39 Å². The average molecular weight is 422 g/mol. The third-order valence-corrected chi connectivity index (χ3v) is 5.61. The lowest BCUT2D eigenvalue weighted by atomic mass is 10.2. The van der Waals surface area contributed by atoms with E-state index >= 15 is 0 Å². The summed E-state index contributed by atoms with van der Waals surface area (Å²) in [5.74, 6) is -1.90. The van der Waals surface area contributed by atoms with Gasteiger partial charge in [-0.05, 0) is 49.2 Å². The lowest BCUT2D eigenvalue weighted by Crippen LogP contribution is -2.23. The molecule has 0 unspecified atom stereocenters. The number of carboxylic acids is 1. The highest BCUT2D eigenvalue weighted by molar-refractivity contribution is 8.00. The Kier molecular flexibility index (Phi) is 4.73. The van der Waals surface area contributed by atoms with Crippen LogP contribution in [0.1, 0.15) is 23.3 Å². The van der Waals surface area contributed by atoms with Gasteiger partial charge in [0.1, 0.15) is 5.75 Å². The Morgan fingerprint density at radius 2 is 1.86 bits per heavy atom. The maximum absolute atomic E-state index is 12.8. The minimum absolute atomic E-state index is 0.229. The molecule has 0 saturated heterocycles. The third-order valence-electron chi connectivity index (χ3n) is 4.21. The Morgan fingerprint density at radius 1 is 1.17 bits per heavy atom. The molecule has 2 aromatic carbocycles. The molecular weight excluding hydrogens is 409 g/mol. The summed E-state index contributed by atoms with van der Waals surface area (Å²) in [7, 11) is 0. The standard InChI is InChI=1S/C19H13F3N2O4S/c20-19(21,22)28-11-6-4-10(5-7-11)24-13-2-1-3-14(29-12-8-9-12)15(13)17(25)16(23-24)18(26)27/h1-7,12H,8-9H2,(H,26,27). The van der Waals surface area contributed by atoms with Crippen molar-refractivity contribution < 1.29 is 27.8 Å². The zero-order chi connectivity index (χ0) is 20.8. The molecule has 0 bridgehead atoms. The monoisotopic (exact) mass is 422 g/mol. The van der Waals surface area contributed by atoms with E-state index in [1.807, 2.05) is 0 Å². The topological polar surface area (TPSA) is 81.4 Å². The van der Waals surface area contributed by atoms with Gasteiger partial charge in [-0.25, -0.2) is 9.48 Å². The Labute approximate surface area is 165 Å². The second-order valence-electron chi connectivity index (χ2n) is 6.40. The molecule has 4 rings (SSSR count). The van der Waals surface area contributed by atoms with Crippen LogP contribution in [0.3, 0.4) is 0 Å². The lowest BCUT2D eigenvalue weighted by molar-refractivity contribution is -0.274. The number of fused-ring (bicyclic) bond motifs is 1. The van der Waals surface area contributed by atoms with Crippen molar-refractivity contribution in [3.8, 4) is 11.4 Å². The number of carbonyl (C=O) groups is 1. The van der Waals surface area contributed by atoms with Gasteiger partial charge in [-0.2, -0.15) is 5.10 Å². The molecule has 1 aliphatic rings. The third kappa shape index (κ3) is 4.07. The molecule has 0 amide bonds. The minimum atomic E-state index is -4.82. The summed E-state index contributed by atoms with van der Waals surface area (Å²) in [6.07, 6.45) is -2.78. The van der Waals surface area contributed by atoms with Crippen LogP contribution in [0.2, 0.25) is 0 Å². The van der Waals surface area contributed by atoms with Crippen LogP contribution >= 0.6 is 11.8 Å². The number of nitrogens with zero attached hydrogens (tertiary/aromatic N) is 2. The molecule has 0 radical (unpaired) electrons. The summed E-state index contributed by atoms with van der Waals surface area (Å²) < 4.78 is 42.2. The highest BCUT2D eigenvalue weighted by Crippen LogP contribution is 2.41. The minimum Gasteiger partial charge on any atom is -0.476 e. The van der Waals surface area contributed by atoms with Crippen molar-refractivity contribution in [3.63, 3.8) is 0 Å². The van der Waals surface area contributed by atoms with Crippen LogP contribution in [0, 0.1) is 0 Å². The Hall–Kier alpha value is -3.01. The first kappa shape index (κ1) is 19.3. The van der Waals surface area contributed by atoms with Crippen molar-refractivity contribution in [2.45, 2.75) is 29.3 Å².